The zero-order valence-corrected chi connectivity index (χ0v) is 9.55. The van der Waals surface area contributed by atoms with E-state index in [4.69, 9.17) is 9.78 Å². The van der Waals surface area contributed by atoms with Crippen molar-refractivity contribution >= 4 is 0 Å². The van der Waals surface area contributed by atoms with E-state index in [1.165, 1.54) is 0 Å². The minimum absolute atomic E-state index is 0.500. The number of nitriles is 1. The van der Waals surface area contributed by atoms with Gasteiger partial charge in [-0.25, -0.2) is 4.98 Å². The van der Waals surface area contributed by atoms with Gasteiger partial charge in [-0.3, -0.25) is 0 Å². The van der Waals surface area contributed by atoms with Gasteiger partial charge in [0.2, 0.25) is 11.7 Å². The first-order valence-corrected chi connectivity index (χ1v) is 5.43. The molecule has 86 valence electrons. The van der Waals surface area contributed by atoms with Crippen molar-refractivity contribution in [2.75, 3.05) is 0 Å². The number of aryl methyl sites for hydroxylation is 2. The predicted octanol–water partition coefficient (Wildman–Crippen LogP) is 2.29. The van der Waals surface area contributed by atoms with Gasteiger partial charge in [-0.15, -0.1) is 0 Å². The van der Waals surface area contributed by atoms with Crippen molar-refractivity contribution in [3.05, 3.63) is 29.8 Å². The summed E-state index contributed by atoms with van der Waals surface area (Å²) in [6.45, 7) is 1.91. The second-order valence-electron chi connectivity index (χ2n) is 3.69. The van der Waals surface area contributed by atoms with E-state index in [0.29, 0.717) is 30.3 Å². The molecule has 0 radical (unpaired) electrons. The van der Waals surface area contributed by atoms with Gasteiger partial charge in [-0.1, -0.05) is 11.2 Å². The predicted molar refractivity (Wildman–Crippen MR) is 60.8 cm³/mol. The highest BCUT2D eigenvalue weighted by molar-refractivity contribution is 5.47. The van der Waals surface area contributed by atoms with E-state index in [9.17, 15) is 0 Å². The van der Waals surface area contributed by atoms with Crippen LogP contribution in [0, 0.1) is 18.3 Å². The summed E-state index contributed by atoms with van der Waals surface area (Å²) in [5, 5.41) is 12.3. The van der Waals surface area contributed by atoms with Gasteiger partial charge in [0, 0.05) is 18.5 Å². The standard InChI is InChI=1S/C12H12N4O/c1-9-5-4-6-10(14-9)12-15-11(17-16-12)7-2-3-8-13/h4-6H,2-3,7H2,1H3. The van der Waals surface area contributed by atoms with Gasteiger partial charge in [0.25, 0.3) is 0 Å². The molecular formula is C12H12N4O. The number of nitrogens with zero attached hydrogens (tertiary/aromatic N) is 4. The van der Waals surface area contributed by atoms with E-state index in [1.807, 2.05) is 25.1 Å². The van der Waals surface area contributed by atoms with E-state index in [1.54, 1.807) is 0 Å². The first-order valence-electron chi connectivity index (χ1n) is 5.43. The molecule has 0 amide bonds. The molecule has 0 bridgehead atoms. The second-order valence-corrected chi connectivity index (χ2v) is 3.69. The Labute approximate surface area is 99.1 Å². The third-order valence-corrected chi connectivity index (χ3v) is 2.26. The van der Waals surface area contributed by atoms with Crippen LogP contribution in [0.25, 0.3) is 11.5 Å². The topological polar surface area (TPSA) is 75.6 Å². The van der Waals surface area contributed by atoms with Gasteiger partial charge in [0.1, 0.15) is 5.69 Å². The van der Waals surface area contributed by atoms with Gasteiger partial charge < -0.3 is 4.52 Å². The van der Waals surface area contributed by atoms with Gasteiger partial charge in [0.15, 0.2) is 0 Å². The Balaban J connectivity index is 2.10. The fourth-order valence-corrected chi connectivity index (χ4v) is 1.45. The van der Waals surface area contributed by atoms with Crippen LogP contribution in [-0.2, 0) is 6.42 Å². The van der Waals surface area contributed by atoms with E-state index >= 15 is 0 Å². The van der Waals surface area contributed by atoms with Crippen molar-refractivity contribution in [2.24, 2.45) is 0 Å². The van der Waals surface area contributed by atoms with Crippen LogP contribution in [0.15, 0.2) is 22.7 Å². The minimum Gasteiger partial charge on any atom is -0.339 e. The Morgan fingerprint density at radius 3 is 3.00 bits per heavy atom. The van der Waals surface area contributed by atoms with Gasteiger partial charge >= 0.3 is 0 Å². The normalized spacial score (nSPS) is 10.1. The summed E-state index contributed by atoms with van der Waals surface area (Å²) in [5.74, 6) is 1.05. The maximum Gasteiger partial charge on any atom is 0.227 e. The highest BCUT2D eigenvalue weighted by Gasteiger charge is 2.09. The van der Waals surface area contributed by atoms with Crippen molar-refractivity contribution in [3.8, 4) is 17.6 Å². The molecular weight excluding hydrogens is 216 g/mol. The Kier molecular flexibility index (Phi) is 3.46. The highest BCUT2D eigenvalue weighted by atomic mass is 16.5. The quantitative estimate of drug-likeness (QED) is 0.750. The molecule has 0 aromatic carbocycles. The molecule has 2 aromatic heterocycles. The van der Waals surface area contributed by atoms with Crippen LogP contribution in [0.5, 0.6) is 0 Å². The molecule has 0 aliphatic rings. The average Bonchev–Trinajstić information content (AvgIpc) is 2.78. The van der Waals surface area contributed by atoms with Crippen LogP contribution in [0.1, 0.15) is 24.4 Å². The van der Waals surface area contributed by atoms with Crippen LogP contribution in [0.3, 0.4) is 0 Å². The molecule has 17 heavy (non-hydrogen) atoms. The van der Waals surface area contributed by atoms with Crippen molar-refractivity contribution in [1.82, 2.24) is 15.1 Å². The first kappa shape index (κ1) is 11.3. The molecule has 0 saturated heterocycles. The molecule has 5 heteroatoms. The maximum atomic E-state index is 8.43. The van der Waals surface area contributed by atoms with Crippen LogP contribution in [0.4, 0.5) is 0 Å². The molecule has 0 atom stereocenters. The summed E-state index contributed by atoms with van der Waals surface area (Å²) in [4.78, 5) is 8.56. The van der Waals surface area contributed by atoms with Crippen molar-refractivity contribution in [3.63, 3.8) is 0 Å². The maximum absolute atomic E-state index is 8.43. The largest absolute Gasteiger partial charge is 0.339 e. The summed E-state index contributed by atoms with van der Waals surface area (Å²) in [5.41, 5.74) is 1.62. The molecule has 0 aliphatic heterocycles. The van der Waals surface area contributed by atoms with E-state index < -0.39 is 0 Å². The fraction of sp³-hybridized carbons (Fsp3) is 0.333. The third-order valence-electron chi connectivity index (χ3n) is 2.26. The Hall–Kier alpha value is -2.22. The smallest absolute Gasteiger partial charge is 0.227 e. The van der Waals surface area contributed by atoms with Crippen molar-refractivity contribution in [1.29, 1.82) is 5.26 Å². The number of aromatic nitrogens is 3. The number of unbranched alkanes of at least 4 members (excludes halogenated alkanes) is 1. The molecule has 2 heterocycles. The highest BCUT2D eigenvalue weighted by Crippen LogP contribution is 2.14. The third kappa shape index (κ3) is 2.88. The number of hydrogen-bond acceptors (Lipinski definition) is 5. The lowest BCUT2D eigenvalue weighted by atomic mass is 10.2. The molecule has 5 nitrogen and oxygen atoms in total. The SMILES string of the molecule is Cc1cccc(-c2noc(CCCC#N)n2)n1. The molecule has 0 fully saturated rings. The number of hydrogen-bond donors (Lipinski definition) is 0. The molecule has 0 N–H and O–H groups in total. The average molecular weight is 228 g/mol. The summed E-state index contributed by atoms with van der Waals surface area (Å²) in [6, 6.07) is 7.75. The van der Waals surface area contributed by atoms with Crippen LogP contribution in [-0.4, -0.2) is 15.1 Å². The second kappa shape index (κ2) is 5.21. The molecule has 2 aromatic rings. The summed E-state index contributed by atoms with van der Waals surface area (Å²) < 4.78 is 5.09. The molecule has 0 spiro atoms. The Morgan fingerprint density at radius 1 is 1.35 bits per heavy atom. The lowest BCUT2D eigenvalue weighted by Gasteiger charge is -1.94. The Morgan fingerprint density at radius 2 is 2.24 bits per heavy atom. The lowest BCUT2D eigenvalue weighted by Crippen LogP contribution is -1.89. The van der Waals surface area contributed by atoms with Gasteiger partial charge in [-0.05, 0) is 25.5 Å². The molecule has 0 unspecified atom stereocenters. The monoisotopic (exact) mass is 228 g/mol. The fourth-order valence-electron chi connectivity index (χ4n) is 1.45. The van der Waals surface area contributed by atoms with E-state index in [-0.39, 0.29) is 0 Å². The van der Waals surface area contributed by atoms with Crippen molar-refractivity contribution < 1.29 is 4.52 Å². The van der Waals surface area contributed by atoms with Crippen LogP contribution in [0.2, 0.25) is 0 Å². The van der Waals surface area contributed by atoms with E-state index in [0.717, 1.165) is 12.1 Å². The Bertz CT molecular complexity index is 541. The van der Waals surface area contributed by atoms with Crippen molar-refractivity contribution in [2.45, 2.75) is 26.2 Å². The van der Waals surface area contributed by atoms with Crippen LogP contribution < -0.4 is 0 Å². The molecule has 0 aliphatic carbocycles. The lowest BCUT2D eigenvalue weighted by molar-refractivity contribution is 0.376. The zero-order valence-electron chi connectivity index (χ0n) is 9.55. The minimum atomic E-state index is 0.500. The summed E-state index contributed by atoms with van der Waals surface area (Å²) in [7, 11) is 0. The summed E-state index contributed by atoms with van der Waals surface area (Å²) >= 11 is 0. The molecule has 2 rings (SSSR count). The first-order chi connectivity index (χ1) is 8.29. The zero-order chi connectivity index (χ0) is 12.1. The van der Waals surface area contributed by atoms with Crippen LogP contribution >= 0.6 is 0 Å². The van der Waals surface area contributed by atoms with E-state index in [2.05, 4.69) is 21.2 Å². The van der Waals surface area contributed by atoms with Gasteiger partial charge in [0.05, 0.1) is 6.07 Å². The number of rotatable bonds is 4. The summed E-state index contributed by atoms with van der Waals surface area (Å²) in [6.07, 6.45) is 1.87. The number of pyridine rings is 1. The van der Waals surface area contributed by atoms with Gasteiger partial charge in [-0.2, -0.15) is 10.2 Å². The molecule has 0 saturated carbocycles.